The Morgan fingerprint density at radius 1 is 1.44 bits per heavy atom. The van der Waals surface area contributed by atoms with Gasteiger partial charge in [-0.2, -0.15) is 0 Å². The van der Waals surface area contributed by atoms with E-state index in [0.29, 0.717) is 12.3 Å². The van der Waals surface area contributed by atoms with Gasteiger partial charge in [0.15, 0.2) is 0 Å². The SMILES string of the molecule is O=C(O)C1CCn2c(cnc2C2CCC2)C1. The van der Waals surface area contributed by atoms with E-state index in [9.17, 15) is 4.79 Å². The third kappa shape index (κ3) is 1.44. The second-order valence-corrected chi connectivity index (χ2v) is 4.92. The van der Waals surface area contributed by atoms with Crippen LogP contribution in [0.1, 0.15) is 43.1 Å². The zero-order valence-electron chi connectivity index (χ0n) is 9.22. The van der Waals surface area contributed by atoms with Crippen LogP contribution < -0.4 is 0 Å². The number of hydrogen-bond acceptors (Lipinski definition) is 2. The molecular formula is C12H16N2O2. The number of nitrogens with zero attached hydrogens (tertiary/aromatic N) is 2. The maximum Gasteiger partial charge on any atom is 0.306 e. The summed E-state index contributed by atoms with van der Waals surface area (Å²) in [5.41, 5.74) is 1.11. The van der Waals surface area contributed by atoms with Crippen molar-refractivity contribution in [3.05, 3.63) is 17.7 Å². The Kier molecular flexibility index (Phi) is 2.23. The molecule has 0 spiro atoms. The first-order valence-corrected chi connectivity index (χ1v) is 6.03. The fourth-order valence-corrected chi connectivity index (χ4v) is 2.69. The normalized spacial score (nSPS) is 24.9. The van der Waals surface area contributed by atoms with Gasteiger partial charge in [-0.25, -0.2) is 4.98 Å². The third-order valence-electron chi connectivity index (χ3n) is 3.95. The number of carboxylic acid groups (broad SMARTS) is 1. The van der Waals surface area contributed by atoms with Crippen LogP contribution in [0, 0.1) is 5.92 Å². The molecule has 86 valence electrons. The van der Waals surface area contributed by atoms with E-state index in [2.05, 4.69) is 9.55 Å². The second kappa shape index (κ2) is 3.61. The molecular weight excluding hydrogens is 204 g/mol. The largest absolute Gasteiger partial charge is 0.481 e. The quantitative estimate of drug-likeness (QED) is 0.826. The highest BCUT2D eigenvalue weighted by atomic mass is 16.4. The number of aromatic nitrogens is 2. The van der Waals surface area contributed by atoms with Gasteiger partial charge in [-0.15, -0.1) is 0 Å². The Morgan fingerprint density at radius 2 is 2.25 bits per heavy atom. The third-order valence-corrected chi connectivity index (χ3v) is 3.95. The molecule has 0 aromatic carbocycles. The minimum absolute atomic E-state index is 0.210. The zero-order valence-corrected chi connectivity index (χ0v) is 9.22. The number of rotatable bonds is 2. The van der Waals surface area contributed by atoms with Gasteiger partial charge < -0.3 is 9.67 Å². The van der Waals surface area contributed by atoms with Gasteiger partial charge in [-0.05, 0) is 19.3 Å². The van der Waals surface area contributed by atoms with Gasteiger partial charge in [0.25, 0.3) is 0 Å². The molecule has 1 aliphatic carbocycles. The van der Waals surface area contributed by atoms with Gasteiger partial charge >= 0.3 is 5.97 Å². The Hall–Kier alpha value is -1.32. The summed E-state index contributed by atoms with van der Waals surface area (Å²) in [5, 5.41) is 9.01. The Balaban J connectivity index is 1.85. The van der Waals surface area contributed by atoms with Crippen molar-refractivity contribution in [1.29, 1.82) is 0 Å². The number of carboxylic acids is 1. The monoisotopic (exact) mass is 220 g/mol. The topological polar surface area (TPSA) is 55.1 Å². The maximum absolute atomic E-state index is 10.9. The van der Waals surface area contributed by atoms with Crippen molar-refractivity contribution in [3.63, 3.8) is 0 Å². The minimum Gasteiger partial charge on any atom is -0.481 e. The first-order chi connectivity index (χ1) is 7.75. The van der Waals surface area contributed by atoms with Crippen LogP contribution in [0.3, 0.4) is 0 Å². The lowest BCUT2D eigenvalue weighted by molar-refractivity contribution is -0.142. The Bertz CT molecular complexity index is 421. The molecule has 1 aliphatic heterocycles. The van der Waals surface area contributed by atoms with Crippen molar-refractivity contribution < 1.29 is 9.90 Å². The molecule has 1 saturated carbocycles. The number of imidazole rings is 1. The summed E-state index contributed by atoms with van der Waals surface area (Å²) >= 11 is 0. The van der Waals surface area contributed by atoms with Crippen LogP contribution in [-0.4, -0.2) is 20.6 Å². The molecule has 1 aromatic rings. The molecule has 2 aliphatic rings. The van der Waals surface area contributed by atoms with Gasteiger partial charge in [0.05, 0.1) is 5.92 Å². The molecule has 4 nitrogen and oxygen atoms in total. The maximum atomic E-state index is 10.9. The smallest absolute Gasteiger partial charge is 0.306 e. The van der Waals surface area contributed by atoms with E-state index in [1.807, 2.05) is 6.20 Å². The van der Waals surface area contributed by atoms with Gasteiger partial charge in [-0.3, -0.25) is 4.79 Å². The van der Waals surface area contributed by atoms with Crippen LogP contribution in [-0.2, 0) is 17.8 Å². The van der Waals surface area contributed by atoms with Crippen LogP contribution in [0.25, 0.3) is 0 Å². The Labute approximate surface area is 94.3 Å². The molecule has 3 rings (SSSR count). The van der Waals surface area contributed by atoms with Crippen LogP contribution in [0.15, 0.2) is 6.20 Å². The standard InChI is InChI=1S/C12H16N2O2/c15-12(16)9-4-5-14-10(6-9)7-13-11(14)8-2-1-3-8/h7-9H,1-6H2,(H,15,16). The number of fused-ring (bicyclic) bond motifs is 1. The van der Waals surface area contributed by atoms with E-state index in [-0.39, 0.29) is 5.92 Å². The summed E-state index contributed by atoms with van der Waals surface area (Å²) < 4.78 is 2.25. The molecule has 1 N–H and O–H groups in total. The minimum atomic E-state index is -0.669. The van der Waals surface area contributed by atoms with E-state index < -0.39 is 5.97 Å². The number of carbonyl (C=O) groups is 1. The first kappa shape index (κ1) is 9.87. The van der Waals surface area contributed by atoms with Crippen LogP contribution >= 0.6 is 0 Å². The van der Waals surface area contributed by atoms with Gasteiger partial charge in [0.2, 0.25) is 0 Å². The lowest BCUT2D eigenvalue weighted by Gasteiger charge is -2.28. The van der Waals surface area contributed by atoms with Crippen molar-refractivity contribution in [2.75, 3.05) is 0 Å². The van der Waals surface area contributed by atoms with Crippen LogP contribution in [0.5, 0.6) is 0 Å². The molecule has 1 fully saturated rings. The molecule has 1 unspecified atom stereocenters. The number of hydrogen-bond donors (Lipinski definition) is 1. The summed E-state index contributed by atoms with van der Waals surface area (Å²) in [6.07, 6.45) is 7.08. The average Bonchev–Trinajstić information content (AvgIpc) is 2.59. The molecule has 0 amide bonds. The predicted octanol–water partition coefficient (Wildman–Crippen LogP) is 1.80. The highest BCUT2D eigenvalue weighted by Gasteiger charge is 2.30. The molecule has 0 bridgehead atoms. The van der Waals surface area contributed by atoms with Gasteiger partial charge in [0.1, 0.15) is 5.82 Å². The second-order valence-electron chi connectivity index (χ2n) is 4.92. The van der Waals surface area contributed by atoms with E-state index in [1.165, 1.54) is 25.1 Å². The number of aliphatic carboxylic acids is 1. The predicted molar refractivity (Wildman–Crippen MR) is 58.3 cm³/mol. The summed E-state index contributed by atoms with van der Waals surface area (Å²) in [6.45, 7) is 0.831. The van der Waals surface area contributed by atoms with Gasteiger partial charge in [-0.1, -0.05) is 6.42 Å². The van der Waals surface area contributed by atoms with E-state index in [1.54, 1.807) is 0 Å². The summed E-state index contributed by atoms with van der Waals surface area (Å²) in [6, 6.07) is 0. The first-order valence-electron chi connectivity index (χ1n) is 6.03. The van der Waals surface area contributed by atoms with Crippen molar-refractivity contribution in [3.8, 4) is 0 Å². The van der Waals surface area contributed by atoms with E-state index >= 15 is 0 Å². The summed E-state index contributed by atoms with van der Waals surface area (Å²) in [5.74, 6) is 0.955. The molecule has 16 heavy (non-hydrogen) atoms. The fraction of sp³-hybridized carbons (Fsp3) is 0.667. The van der Waals surface area contributed by atoms with Crippen LogP contribution in [0.2, 0.25) is 0 Å². The summed E-state index contributed by atoms with van der Waals surface area (Å²) in [7, 11) is 0. The molecule has 0 radical (unpaired) electrons. The molecule has 0 saturated heterocycles. The highest BCUT2D eigenvalue weighted by molar-refractivity contribution is 5.70. The highest BCUT2D eigenvalue weighted by Crippen LogP contribution is 2.37. The van der Waals surface area contributed by atoms with E-state index in [0.717, 1.165) is 18.7 Å². The molecule has 1 atom stereocenters. The molecule has 2 heterocycles. The van der Waals surface area contributed by atoms with Crippen molar-refractivity contribution in [2.45, 2.75) is 44.6 Å². The molecule has 4 heteroatoms. The average molecular weight is 220 g/mol. The van der Waals surface area contributed by atoms with Gasteiger partial charge in [0, 0.05) is 30.8 Å². The summed E-state index contributed by atoms with van der Waals surface area (Å²) in [4.78, 5) is 15.4. The van der Waals surface area contributed by atoms with Crippen molar-refractivity contribution >= 4 is 5.97 Å². The molecule has 1 aromatic heterocycles. The van der Waals surface area contributed by atoms with Crippen LogP contribution in [0.4, 0.5) is 0 Å². The van der Waals surface area contributed by atoms with Crippen molar-refractivity contribution in [1.82, 2.24) is 9.55 Å². The van der Waals surface area contributed by atoms with E-state index in [4.69, 9.17) is 5.11 Å². The lowest BCUT2D eigenvalue weighted by atomic mass is 9.84. The Morgan fingerprint density at radius 3 is 2.88 bits per heavy atom. The fourth-order valence-electron chi connectivity index (χ4n) is 2.69. The lowest BCUT2D eigenvalue weighted by Crippen LogP contribution is -2.27. The van der Waals surface area contributed by atoms with Crippen molar-refractivity contribution in [2.24, 2.45) is 5.92 Å². The zero-order chi connectivity index (χ0) is 11.1.